The maximum absolute atomic E-state index is 12.7. The summed E-state index contributed by atoms with van der Waals surface area (Å²) in [5.41, 5.74) is 1.86. The van der Waals surface area contributed by atoms with E-state index in [-0.39, 0.29) is 23.9 Å². The van der Waals surface area contributed by atoms with Crippen LogP contribution in [0.15, 0.2) is 34.7 Å². The Hall–Kier alpha value is -3.33. The molecule has 0 spiro atoms. The third kappa shape index (κ3) is 4.94. The van der Waals surface area contributed by atoms with E-state index in [2.05, 4.69) is 10.6 Å². The molecule has 2 saturated heterocycles. The largest absolute Gasteiger partial charge is 0.466 e. The molecule has 4 amide bonds. The molecule has 3 heterocycles. The quantitative estimate of drug-likeness (QED) is 0.761. The number of urea groups is 1. The molecule has 4 rings (SSSR count). The van der Waals surface area contributed by atoms with Crippen LogP contribution >= 0.6 is 0 Å². The van der Waals surface area contributed by atoms with Crippen molar-refractivity contribution in [1.82, 2.24) is 9.80 Å². The van der Waals surface area contributed by atoms with Crippen LogP contribution in [0, 0.1) is 13.8 Å². The molecule has 0 unspecified atom stereocenters. The van der Waals surface area contributed by atoms with E-state index in [1.54, 1.807) is 47.1 Å². The van der Waals surface area contributed by atoms with Gasteiger partial charge in [0.15, 0.2) is 0 Å². The lowest BCUT2D eigenvalue weighted by Gasteiger charge is -2.34. The van der Waals surface area contributed by atoms with E-state index < -0.39 is 0 Å². The van der Waals surface area contributed by atoms with Gasteiger partial charge in [-0.1, -0.05) is 0 Å². The van der Waals surface area contributed by atoms with Crippen molar-refractivity contribution in [2.24, 2.45) is 0 Å². The molecule has 2 fully saturated rings. The summed E-state index contributed by atoms with van der Waals surface area (Å²) in [5.74, 6) is 1.11. The van der Waals surface area contributed by atoms with Gasteiger partial charge in [-0.05, 0) is 57.0 Å². The van der Waals surface area contributed by atoms with Crippen LogP contribution in [0.5, 0.6) is 0 Å². The molecule has 32 heavy (non-hydrogen) atoms. The Morgan fingerprint density at radius 2 is 1.56 bits per heavy atom. The van der Waals surface area contributed by atoms with Gasteiger partial charge in [-0.3, -0.25) is 9.59 Å². The van der Waals surface area contributed by atoms with Crippen molar-refractivity contribution < 1.29 is 23.5 Å². The van der Waals surface area contributed by atoms with Crippen molar-refractivity contribution in [3.8, 4) is 0 Å². The number of aryl methyl sites for hydroxylation is 2. The van der Waals surface area contributed by atoms with E-state index in [0.29, 0.717) is 61.2 Å². The number of anilines is 2. The number of carbonyl (C=O) groups is 3. The van der Waals surface area contributed by atoms with Crippen molar-refractivity contribution in [1.29, 1.82) is 0 Å². The van der Waals surface area contributed by atoms with Crippen LogP contribution in [0.1, 0.15) is 34.7 Å². The zero-order chi connectivity index (χ0) is 22.7. The summed E-state index contributed by atoms with van der Waals surface area (Å²) in [4.78, 5) is 40.9. The van der Waals surface area contributed by atoms with Crippen LogP contribution in [0.3, 0.4) is 0 Å². The Bertz CT molecular complexity index is 986. The normalized spacial score (nSPS) is 18.5. The van der Waals surface area contributed by atoms with Crippen molar-refractivity contribution >= 4 is 29.2 Å². The van der Waals surface area contributed by atoms with E-state index in [4.69, 9.17) is 9.15 Å². The smallest absolute Gasteiger partial charge is 0.321 e. The molecule has 1 aromatic heterocycles. The van der Waals surface area contributed by atoms with Crippen LogP contribution in [-0.2, 0) is 9.53 Å². The summed E-state index contributed by atoms with van der Waals surface area (Å²) >= 11 is 0. The first-order valence-corrected chi connectivity index (χ1v) is 10.9. The number of rotatable bonds is 4. The summed E-state index contributed by atoms with van der Waals surface area (Å²) in [5, 5.41) is 5.70. The third-order valence-electron chi connectivity index (χ3n) is 5.75. The predicted molar refractivity (Wildman–Crippen MR) is 119 cm³/mol. The molecule has 0 bridgehead atoms. The maximum atomic E-state index is 12.7. The molecule has 1 aromatic carbocycles. The first-order valence-electron chi connectivity index (χ1n) is 10.9. The molecule has 9 nitrogen and oxygen atoms in total. The molecule has 2 aliphatic heterocycles. The Morgan fingerprint density at radius 1 is 0.938 bits per heavy atom. The SMILES string of the molecule is Cc1cc(C(=O)N2CCN(C(=O)Nc3ccc(NC(=O)[C@@H]4CCCO4)cc3)CC2)c(C)o1. The van der Waals surface area contributed by atoms with Crippen molar-refractivity contribution in [3.05, 3.63) is 47.4 Å². The highest BCUT2D eigenvalue weighted by molar-refractivity contribution is 5.96. The highest BCUT2D eigenvalue weighted by Gasteiger charge is 2.27. The van der Waals surface area contributed by atoms with E-state index in [1.807, 2.05) is 6.92 Å². The number of furan rings is 1. The van der Waals surface area contributed by atoms with E-state index in [0.717, 1.165) is 12.8 Å². The van der Waals surface area contributed by atoms with Gasteiger partial charge >= 0.3 is 6.03 Å². The minimum absolute atomic E-state index is 0.0694. The van der Waals surface area contributed by atoms with Gasteiger partial charge < -0.3 is 29.6 Å². The highest BCUT2D eigenvalue weighted by atomic mass is 16.5. The van der Waals surface area contributed by atoms with Crippen LogP contribution < -0.4 is 10.6 Å². The minimum Gasteiger partial charge on any atom is -0.466 e. The second-order valence-electron chi connectivity index (χ2n) is 8.10. The second kappa shape index (κ2) is 9.44. The maximum Gasteiger partial charge on any atom is 0.321 e. The molecule has 2 N–H and O–H groups in total. The Morgan fingerprint density at radius 3 is 2.12 bits per heavy atom. The Balaban J connectivity index is 1.26. The van der Waals surface area contributed by atoms with Crippen LogP contribution in [0.2, 0.25) is 0 Å². The molecule has 0 radical (unpaired) electrons. The molecule has 2 aromatic rings. The molecule has 170 valence electrons. The third-order valence-corrected chi connectivity index (χ3v) is 5.75. The van der Waals surface area contributed by atoms with Crippen molar-refractivity contribution in [2.45, 2.75) is 32.8 Å². The summed E-state index contributed by atoms with van der Waals surface area (Å²) in [7, 11) is 0. The number of hydrogen-bond donors (Lipinski definition) is 2. The standard InChI is InChI=1S/C23H28N4O5/c1-15-14-19(16(2)32-15)22(29)26-9-11-27(12-10-26)23(30)25-18-7-5-17(6-8-18)24-21(28)20-4-3-13-31-20/h5-8,14,20H,3-4,9-13H2,1-2H3,(H,24,28)(H,25,30)/t20-/m0/s1. The van der Waals surface area contributed by atoms with Crippen molar-refractivity contribution in [2.75, 3.05) is 43.4 Å². The van der Waals surface area contributed by atoms with Crippen LogP contribution in [-0.4, -0.2) is 66.5 Å². The zero-order valence-corrected chi connectivity index (χ0v) is 18.3. The lowest BCUT2D eigenvalue weighted by molar-refractivity contribution is -0.124. The van der Waals surface area contributed by atoms with Crippen molar-refractivity contribution in [3.63, 3.8) is 0 Å². The van der Waals surface area contributed by atoms with Gasteiger partial charge in [0.1, 0.15) is 17.6 Å². The van der Waals surface area contributed by atoms with Gasteiger partial charge in [0.25, 0.3) is 11.8 Å². The van der Waals surface area contributed by atoms with Gasteiger partial charge in [-0.15, -0.1) is 0 Å². The number of piperazine rings is 1. The fourth-order valence-electron chi connectivity index (χ4n) is 3.97. The summed E-state index contributed by atoms with van der Waals surface area (Å²) < 4.78 is 10.8. The molecule has 0 saturated carbocycles. The minimum atomic E-state index is -0.388. The van der Waals surface area contributed by atoms with E-state index in [1.165, 1.54) is 0 Å². The topological polar surface area (TPSA) is 104 Å². The number of nitrogens with zero attached hydrogens (tertiary/aromatic N) is 2. The fraction of sp³-hybridized carbons (Fsp3) is 0.435. The summed E-state index contributed by atoms with van der Waals surface area (Å²) in [6.45, 7) is 6.04. The summed E-state index contributed by atoms with van der Waals surface area (Å²) in [6, 6.07) is 8.51. The van der Waals surface area contributed by atoms with E-state index in [9.17, 15) is 14.4 Å². The highest BCUT2D eigenvalue weighted by Crippen LogP contribution is 2.19. The van der Waals surface area contributed by atoms with Gasteiger partial charge in [-0.2, -0.15) is 0 Å². The van der Waals surface area contributed by atoms with Gasteiger partial charge in [0, 0.05) is 44.2 Å². The average Bonchev–Trinajstić information content (AvgIpc) is 3.44. The number of carbonyl (C=O) groups excluding carboxylic acids is 3. The number of ether oxygens (including phenoxy) is 1. The molecule has 0 aliphatic carbocycles. The average molecular weight is 441 g/mol. The number of amides is 4. The second-order valence-corrected chi connectivity index (χ2v) is 8.10. The van der Waals surface area contributed by atoms with E-state index >= 15 is 0 Å². The monoisotopic (exact) mass is 440 g/mol. The number of hydrogen-bond acceptors (Lipinski definition) is 5. The van der Waals surface area contributed by atoms with Crippen LogP contribution in [0.25, 0.3) is 0 Å². The van der Waals surface area contributed by atoms with Gasteiger partial charge in [0.05, 0.1) is 5.56 Å². The Kier molecular flexibility index (Phi) is 6.45. The Labute approximate surface area is 186 Å². The molecule has 9 heteroatoms. The number of nitrogens with one attached hydrogen (secondary N) is 2. The summed E-state index contributed by atoms with van der Waals surface area (Å²) in [6.07, 6.45) is 1.25. The zero-order valence-electron chi connectivity index (χ0n) is 18.3. The molecule has 1 atom stereocenters. The first-order chi connectivity index (χ1) is 15.4. The molecular weight excluding hydrogens is 412 g/mol. The molecule has 2 aliphatic rings. The first kappa shape index (κ1) is 21.9. The lowest BCUT2D eigenvalue weighted by Crippen LogP contribution is -2.51. The molecular formula is C23H28N4O5. The van der Waals surface area contributed by atoms with Gasteiger partial charge in [0.2, 0.25) is 0 Å². The van der Waals surface area contributed by atoms with Crippen LogP contribution in [0.4, 0.5) is 16.2 Å². The lowest BCUT2D eigenvalue weighted by atomic mass is 10.2. The van der Waals surface area contributed by atoms with Gasteiger partial charge in [-0.25, -0.2) is 4.79 Å². The predicted octanol–water partition coefficient (Wildman–Crippen LogP) is 3.00. The number of benzene rings is 1. The fourth-order valence-corrected chi connectivity index (χ4v) is 3.97.